The Morgan fingerprint density at radius 2 is 1.93 bits per heavy atom. The zero-order chi connectivity index (χ0) is 10.2. The lowest BCUT2D eigenvalue weighted by Crippen LogP contribution is -2.75. The van der Waals surface area contributed by atoms with Crippen LogP contribution in [0, 0.1) is 0 Å². The first-order valence-electron chi connectivity index (χ1n) is 5.03. The SMILES string of the molecule is CN1CC(C(=O)O)(N2CCNCC2)C1. The van der Waals surface area contributed by atoms with E-state index >= 15 is 0 Å². The number of likely N-dealkylation sites (tertiary alicyclic amines) is 1. The molecule has 0 atom stereocenters. The molecule has 5 heteroatoms. The quantitative estimate of drug-likeness (QED) is 0.576. The molecule has 2 aliphatic heterocycles. The van der Waals surface area contributed by atoms with Crippen LogP contribution in [0.1, 0.15) is 0 Å². The number of likely N-dealkylation sites (N-methyl/N-ethyl adjacent to an activating group) is 1. The van der Waals surface area contributed by atoms with E-state index in [9.17, 15) is 9.90 Å². The van der Waals surface area contributed by atoms with Gasteiger partial charge in [0.05, 0.1) is 0 Å². The van der Waals surface area contributed by atoms with Crippen LogP contribution >= 0.6 is 0 Å². The van der Waals surface area contributed by atoms with E-state index in [1.165, 1.54) is 0 Å². The van der Waals surface area contributed by atoms with Crippen molar-refractivity contribution in [2.24, 2.45) is 0 Å². The number of piperazine rings is 1. The molecule has 2 saturated heterocycles. The summed E-state index contributed by atoms with van der Waals surface area (Å²) in [5.41, 5.74) is -0.600. The highest BCUT2D eigenvalue weighted by molar-refractivity contribution is 5.81. The maximum Gasteiger partial charge on any atom is 0.326 e. The lowest BCUT2D eigenvalue weighted by molar-refractivity contribution is -0.164. The van der Waals surface area contributed by atoms with Gasteiger partial charge in [0.2, 0.25) is 0 Å². The molecule has 0 amide bonds. The molecule has 0 bridgehead atoms. The second-order valence-corrected chi connectivity index (χ2v) is 4.25. The molecule has 2 aliphatic rings. The molecular weight excluding hydrogens is 182 g/mol. The van der Waals surface area contributed by atoms with Crippen molar-refractivity contribution in [1.82, 2.24) is 15.1 Å². The minimum atomic E-state index is -0.669. The van der Waals surface area contributed by atoms with Gasteiger partial charge < -0.3 is 15.3 Å². The van der Waals surface area contributed by atoms with Gasteiger partial charge in [0.25, 0.3) is 0 Å². The molecule has 2 N–H and O–H groups in total. The first-order chi connectivity index (χ1) is 6.65. The number of carbonyl (C=O) groups is 1. The van der Waals surface area contributed by atoms with Crippen LogP contribution in [0.15, 0.2) is 0 Å². The fraction of sp³-hybridized carbons (Fsp3) is 0.889. The van der Waals surface area contributed by atoms with Gasteiger partial charge in [-0.3, -0.25) is 9.69 Å². The Morgan fingerprint density at radius 1 is 1.36 bits per heavy atom. The Kier molecular flexibility index (Phi) is 2.47. The van der Waals surface area contributed by atoms with Gasteiger partial charge in [-0.05, 0) is 7.05 Å². The summed E-state index contributed by atoms with van der Waals surface area (Å²) in [4.78, 5) is 15.4. The van der Waals surface area contributed by atoms with Crippen molar-refractivity contribution < 1.29 is 9.90 Å². The zero-order valence-corrected chi connectivity index (χ0v) is 8.49. The fourth-order valence-electron chi connectivity index (χ4n) is 2.41. The average molecular weight is 199 g/mol. The number of hydrogen-bond donors (Lipinski definition) is 2. The summed E-state index contributed by atoms with van der Waals surface area (Å²) in [5.74, 6) is -0.669. The Labute approximate surface area is 83.7 Å². The monoisotopic (exact) mass is 199 g/mol. The minimum absolute atomic E-state index is 0.600. The number of nitrogens with zero attached hydrogens (tertiary/aromatic N) is 2. The van der Waals surface area contributed by atoms with E-state index in [1.54, 1.807) is 0 Å². The summed E-state index contributed by atoms with van der Waals surface area (Å²) in [6.07, 6.45) is 0. The number of hydrogen-bond acceptors (Lipinski definition) is 4. The third-order valence-corrected chi connectivity index (χ3v) is 3.18. The predicted octanol–water partition coefficient (Wildman–Crippen LogP) is -1.34. The number of carboxylic acids is 1. The van der Waals surface area contributed by atoms with E-state index in [4.69, 9.17) is 0 Å². The molecule has 2 fully saturated rings. The molecule has 0 radical (unpaired) electrons. The number of nitrogens with one attached hydrogen (secondary N) is 1. The molecule has 80 valence electrons. The summed E-state index contributed by atoms with van der Waals surface area (Å²) in [7, 11) is 1.96. The van der Waals surface area contributed by atoms with E-state index in [2.05, 4.69) is 15.1 Å². The normalized spacial score (nSPS) is 28.4. The minimum Gasteiger partial charge on any atom is -0.480 e. The maximum atomic E-state index is 11.3. The molecule has 0 saturated carbocycles. The molecule has 0 aromatic rings. The van der Waals surface area contributed by atoms with Crippen LogP contribution < -0.4 is 5.32 Å². The Hall–Kier alpha value is -0.650. The van der Waals surface area contributed by atoms with Crippen molar-refractivity contribution in [3.63, 3.8) is 0 Å². The van der Waals surface area contributed by atoms with E-state index < -0.39 is 11.5 Å². The second-order valence-electron chi connectivity index (χ2n) is 4.25. The predicted molar refractivity (Wildman–Crippen MR) is 52.3 cm³/mol. The van der Waals surface area contributed by atoms with Crippen LogP contribution in [0.25, 0.3) is 0 Å². The zero-order valence-electron chi connectivity index (χ0n) is 8.49. The summed E-state index contributed by atoms with van der Waals surface area (Å²) in [6, 6.07) is 0. The van der Waals surface area contributed by atoms with Crippen molar-refractivity contribution >= 4 is 5.97 Å². The summed E-state index contributed by atoms with van der Waals surface area (Å²) < 4.78 is 0. The number of aliphatic carboxylic acids is 1. The standard InChI is InChI=1S/C9H17N3O2/c1-11-6-9(7-11,8(13)14)12-4-2-10-3-5-12/h10H,2-7H2,1H3,(H,13,14). The highest BCUT2D eigenvalue weighted by Gasteiger charge is 2.52. The van der Waals surface area contributed by atoms with E-state index in [1.807, 2.05) is 7.05 Å². The van der Waals surface area contributed by atoms with Crippen LogP contribution in [0.5, 0.6) is 0 Å². The van der Waals surface area contributed by atoms with Crippen LogP contribution in [0.2, 0.25) is 0 Å². The molecule has 2 rings (SSSR count). The third-order valence-electron chi connectivity index (χ3n) is 3.18. The summed E-state index contributed by atoms with van der Waals surface area (Å²) >= 11 is 0. The topological polar surface area (TPSA) is 55.8 Å². The average Bonchev–Trinajstić information content (AvgIpc) is 2.13. The number of carboxylic acid groups (broad SMARTS) is 1. The largest absolute Gasteiger partial charge is 0.480 e. The fourth-order valence-corrected chi connectivity index (χ4v) is 2.41. The lowest BCUT2D eigenvalue weighted by atomic mass is 9.87. The maximum absolute atomic E-state index is 11.3. The third kappa shape index (κ3) is 1.41. The Bertz CT molecular complexity index is 232. The Balaban J connectivity index is 2.07. The van der Waals surface area contributed by atoms with Gasteiger partial charge in [-0.25, -0.2) is 0 Å². The van der Waals surface area contributed by atoms with Gasteiger partial charge in [-0.15, -0.1) is 0 Å². The molecule has 2 heterocycles. The molecule has 0 unspecified atom stereocenters. The lowest BCUT2D eigenvalue weighted by Gasteiger charge is -2.52. The first kappa shape index (κ1) is 9.89. The molecular formula is C9H17N3O2. The van der Waals surface area contributed by atoms with Gasteiger partial charge >= 0.3 is 5.97 Å². The highest BCUT2D eigenvalue weighted by Crippen LogP contribution is 2.27. The van der Waals surface area contributed by atoms with Crippen LogP contribution in [0.3, 0.4) is 0 Å². The van der Waals surface area contributed by atoms with Crippen molar-refractivity contribution in [1.29, 1.82) is 0 Å². The molecule has 0 spiro atoms. The molecule has 0 aliphatic carbocycles. The smallest absolute Gasteiger partial charge is 0.326 e. The van der Waals surface area contributed by atoms with Crippen molar-refractivity contribution in [2.45, 2.75) is 5.54 Å². The van der Waals surface area contributed by atoms with Crippen molar-refractivity contribution in [2.75, 3.05) is 46.3 Å². The van der Waals surface area contributed by atoms with E-state index in [-0.39, 0.29) is 0 Å². The highest BCUT2D eigenvalue weighted by atomic mass is 16.4. The van der Waals surface area contributed by atoms with Crippen LogP contribution in [-0.2, 0) is 4.79 Å². The summed E-state index contributed by atoms with van der Waals surface area (Å²) in [6.45, 7) is 4.81. The van der Waals surface area contributed by atoms with E-state index in [0.29, 0.717) is 13.1 Å². The molecule has 5 nitrogen and oxygen atoms in total. The number of rotatable bonds is 2. The van der Waals surface area contributed by atoms with Gasteiger partial charge in [0.15, 0.2) is 0 Å². The van der Waals surface area contributed by atoms with Gasteiger partial charge in [-0.1, -0.05) is 0 Å². The van der Waals surface area contributed by atoms with Gasteiger partial charge in [0.1, 0.15) is 5.54 Å². The van der Waals surface area contributed by atoms with Crippen molar-refractivity contribution in [3.05, 3.63) is 0 Å². The van der Waals surface area contributed by atoms with Gasteiger partial charge in [0, 0.05) is 39.3 Å². The van der Waals surface area contributed by atoms with Crippen LogP contribution in [-0.4, -0.2) is 72.7 Å². The molecule has 0 aromatic carbocycles. The van der Waals surface area contributed by atoms with Crippen LogP contribution in [0.4, 0.5) is 0 Å². The summed E-state index contributed by atoms with van der Waals surface area (Å²) in [5, 5.41) is 12.5. The van der Waals surface area contributed by atoms with Gasteiger partial charge in [-0.2, -0.15) is 0 Å². The van der Waals surface area contributed by atoms with Crippen molar-refractivity contribution in [3.8, 4) is 0 Å². The Morgan fingerprint density at radius 3 is 2.36 bits per heavy atom. The first-order valence-corrected chi connectivity index (χ1v) is 5.03. The molecule has 0 aromatic heterocycles. The molecule has 14 heavy (non-hydrogen) atoms. The second kappa shape index (κ2) is 3.49. The van der Waals surface area contributed by atoms with E-state index in [0.717, 1.165) is 26.2 Å².